The van der Waals surface area contributed by atoms with Gasteiger partial charge in [-0.1, -0.05) is 0 Å². The smallest absolute Gasteiger partial charge is 0.0236 e. The van der Waals surface area contributed by atoms with Crippen LogP contribution in [0, 0.1) is 0 Å². The quantitative estimate of drug-likeness (QED) is 0.616. The highest BCUT2D eigenvalue weighted by atomic mass is 15.3. The van der Waals surface area contributed by atoms with Crippen molar-refractivity contribution in [3.05, 3.63) is 0 Å². The van der Waals surface area contributed by atoms with E-state index < -0.39 is 0 Å². The lowest BCUT2D eigenvalue weighted by molar-refractivity contribution is 0.0680. The fourth-order valence-electron chi connectivity index (χ4n) is 2.62. The molecule has 1 N–H and O–H groups in total. The van der Waals surface area contributed by atoms with Crippen LogP contribution < -0.4 is 5.32 Å². The fourth-order valence-corrected chi connectivity index (χ4v) is 2.62. The number of nitrogens with one attached hydrogen (secondary N) is 1. The molecule has 0 unspecified atom stereocenters. The summed E-state index contributed by atoms with van der Waals surface area (Å²) >= 11 is 0. The maximum atomic E-state index is 3.45. The van der Waals surface area contributed by atoms with E-state index in [9.17, 15) is 0 Å². The van der Waals surface area contributed by atoms with Crippen LogP contribution in [0.3, 0.4) is 0 Å². The maximum Gasteiger partial charge on any atom is 0.0236 e. The van der Waals surface area contributed by atoms with Gasteiger partial charge in [-0.15, -0.1) is 0 Å². The molecule has 3 heteroatoms. The Labute approximate surface area is 81.1 Å². The average Bonchev–Trinajstić information content (AvgIpc) is 2.56. The summed E-state index contributed by atoms with van der Waals surface area (Å²) in [5.74, 6) is 0. The van der Waals surface area contributed by atoms with E-state index in [2.05, 4.69) is 29.1 Å². The third kappa shape index (κ3) is 2.03. The molecule has 0 bridgehead atoms. The predicted molar refractivity (Wildman–Crippen MR) is 54.9 cm³/mol. The van der Waals surface area contributed by atoms with Gasteiger partial charge in [0.2, 0.25) is 0 Å². The van der Waals surface area contributed by atoms with Gasteiger partial charge in [-0.05, 0) is 26.9 Å². The monoisotopic (exact) mass is 183 g/mol. The lowest BCUT2D eigenvalue weighted by Crippen LogP contribution is -2.54. The van der Waals surface area contributed by atoms with E-state index in [4.69, 9.17) is 0 Å². The van der Waals surface area contributed by atoms with E-state index in [1.54, 1.807) is 0 Å². The van der Waals surface area contributed by atoms with Gasteiger partial charge < -0.3 is 10.2 Å². The topological polar surface area (TPSA) is 18.5 Å². The summed E-state index contributed by atoms with van der Waals surface area (Å²) < 4.78 is 0. The van der Waals surface area contributed by atoms with Crippen LogP contribution in [0.1, 0.15) is 13.3 Å². The van der Waals surface area contributed by atoms with Crippen molar-refractivity contribution in [1.29, 1.82) is 0 Å². The van der Waals surface area contributed by atoms with Crippen molar-refractivity contribution < 1.29 is 0 Å². The van der Waals surface area contributed by atoms with Crippen LogP contribution in [0.25, 0.3) is 0 Å². The molecule has 0 aromatic carbocycles. The van der Waals surface area contributed by atoms with Crippen LogP contribution in [0.4, 0.5) is 0 Å². The summed E-state index contributed by atoms with van der Waals surface area (Å²) in [7, 11) is 2.22. The number of hydrogen-bond acceptors (Lipinski definition) is 3. The van der Waals surface area contributed by atoms with Crippen LogP contribution in [-0.4, -0.2) is 61.7 Å². The van der Waals surface area contributed by atoms with Crippen molar-refractivity contribution in [2.45, 2.75) is 25.4 Å². The molecule has 3 nitrogen and oxygen atoms in total. The maximum absolute atomic E-state index is 3.45. The van der Waals surface area contributed by atoms with Gasteiger partial charge in [0, 0.05) is 38.3 Å². The molecule has 2 aliphatic heterocycles. The molecule has 0 aliphatic carbocycles. The van der Waals surface area contributed by atoms with Crippen LogP contribution in [0.5, 0.6) is 0 Å². The van der Waals surface area contributed by atoms with Crippen LogP contribution in [-0.2, 0) is 0 Å². The highest BCUT2D eigenvalue weighted by molar-refractivity contribution is 4.87. The summed E-state index contributed by atoms with van der Waals surface area (Å²) in [4.78, 5) is 5.11. The summed E-state index contributed by atoms with van der Waals surface area (Å²) in [6.45, 7) is 8.49. The number of nitrogens with zero attached hydrogens (tertiary/aromatic N) is 2. The van der Waals surface area contributed by atoms with E-state index in [0.717, 1.165) is 12.1 Å². The molecule has 0 aromatic rings. The molecule has 2 atom stereocenters. The van der Waals surface area contributed by atoms with E-state index in [1.165, 1.54) is 39.1 Å². The molecule has 0 spiro atoms. The minimum atomic E-state index is 0.739. The van der Waals surface area contributed by atoms with Gasteiger partial charge in [0.25, 0.3) is 0 Å². The van der Waals surface area contributed by atoms with Gasteiger partial charge in [0.1, 0.15) is 0 Å². The molecular weight excluding hydrogens is 162 g/mol. The van der Waals surface area contributed by atoms with Gasteiger partial charge in [-0.25, -0.2) is 0 Å². The second-order valence-electron chi connectivity index (χ2n) is 4.50. The lowest BCUT2D eigenvalue weighted by atomic mass is 10.1. The Bertz CT molecular complexity index is 166. The number of hydrogen-bond donors (Lipinski definition) is 1. The SMILES string of the molecule is C[C@H]1CN(C)CCN1[C@@H]1CCNC1. The van der Waals surface area contributed by atoms with Gasteiger partial charge in [-0.2, -0.15) is 0 Å². The third-order valence-electron chi connectivity index (χ3n) is 3.39. The second kappa shape index (κ2) is 3.95. The van der Waals surface area contributed by atoms with Gasteiger partial charge in [0.15, 0.2) is 0 Å². The van der Waals surface area contributed by atoms with Crippen molar-refractivity contribution in [1.82, 2.24) is 15.1 Å². The third-order valence-corrected chi connectivity index (χ3v) is 3.39. The molecule has 0 saturated carbocycles. The zero-order valence-corrected chi connectivity index (χ0v) is 8.79. The Morgan fingerprint density at radius 1 is 1.31 bits per heavy atom. The zero-order valence-electron chi connectivity index (χ0n) is 8.79. The second-order valence-corrected chi connectivity index (χ2v) is 4.50. The Kier molecular flexibility index (Phi) is 2.86. The minimum absolute atomic E-state index is 0.739. The molecule has 2 saturated heterocycles. The van der Waals surface area contributed by atoms with Crippen molar-refractivity contribution >= 4 is 0 Å². The molecule has 0 radical (unpaired) electrons. The summed E-state index contributed by atoms with van der Waals surface area (Å²) in [5.41, 5.74) is 0. The van der Waals surface area contributed by atoms with Gasteiger partial charge in [0.05, 0.1) is 0 Å². The summed E-state index contributed by atoms with van der Waals surface area (Å²) in [5, 5.41) is 3.45. The van der Waals surface area contributed by atoms with Crippen molar-refractivity contribution in [3.8, 4) is 0 Å². The van der Waals surface area contributed by atoms with Crippen LogP contribution in [0.15, 0.2) is 0 Å². The van der Waals surface area contributed by atoms with Gasteiger partial charge in [-0.3, -0.25) is 4.90 Å². The minimum Gasteiger partial charge on any atom is -0.315 e. The van der Waals surface area contributed by atoms with E-state index >= 15 is 0 Å². The first-order valence-corrected chi connectivity index (χ1v) is 5.42. The van der Waals surface area contributed by atoms with Crippen molar-refractivity contribution in [2.75, 3.05) is 39.8 Å². The molecule has 0 aromatic heterocycles. The largest absolute Gasteiger partial charge is 0.315 e. The Morgan fingerprint density at radius 3 is 2.77 bits per heavy atom. The molecule has 13 heavy (non-hydrogen) atoms. The van der Waals surface area contributed by atoms with Crippen LogP contribution >= 0.6 is 0 Å². The normalized spacial score (nSPS) is 38.3. The molecule has 2 heterocycles. The average molecular weight is 183 g/mol. The first-order chi connectivity index (χ1) is 6.27. The van der Waals surface area contributed by atoms with Crippen LogP contribution in [0.2, 0.25) is 0 Å². The highest BCUT2D eigenvalue weighted by Crippen LogP contribution is 2.15. The lowest BCUT2D eigenvalue weighted by Gasteiger charge is -2.41. The molecular formula is C10H21N3. The Morgan fingerprint density at radius 2 is 2.15 bits per heavy atom. The highest BCUT2D eigenvalue weighted by Gasteiger charge is 2.29. The van der Waals surface area contributed by atoms with Gasteiger partial charge >= 0.3 is 0 Å². The predicted octanol–water partition coefficient (Wildman–Crippen LogP) is -0.0158. The molecule has 76 valence electrons. The molecule has 0 amide bonds. The number of piperazine rings is 1. The fraction of sp³-hybridized carbons (Fsp3) is 1.00. The summed E-state index contributed by atoms with van der Waals surface area (Å²) in [6.07, 6.45) is 1.34. The van der Waals surface area contributed by atoms with E-state index in [0.29, 0.717) is 0 Å². The first kappa shape index (κ1) is 9.44. The summed E-state index contributed by atoms with van der Waals surface area (Å²) in [6, 6.07) is 1.55. The Balaban J connectivity index is 1.91. The van der Waals surface area contributed by atoms with Crippen molar-refractivity contribution in [3.63, 3.8) is 0 Å². The molecule has 2 aliphatic rings. The zero-order chi connectivity index (χ0) is 9.26. The standard InChI is InChI=1S/C10H21N3/c1-9-8-12(2)5-6-13(9)10-3-4-11-7-10/h9-11H,3-8H2,1-2H3/t9-,10+/m0/s1. The molecule has 2 rings (SSSR count). The molecule has 2 fully saturated rings. The van der Waals surface area contributed by atoms with E-state index in [1.807, 2.05) is 0 Å². The first-order valence-electron chi connectivity index (χ1n) is 5.42. The van der Waals surface area contributed by atoms with Crippen molar-refractivity contribution in [2.24, 2.45) is 0 Å². The van der Waals surface area contributed by atoms with E-state index in [-0.39, 0.29) is 0 Å². The number of likely N-dealkylation sites (N-methyl/N-ethyl adjacent to an activating group) is 1. The Hall–Kier alpha value is -0.120. The number of rotatable bonds is 1.